The number of nitrogens with one attached hydrogen (secondary N) is 1. The minimum absolute atomic E-state index is 0.307. The zero-order valence-corrected chi connectivity index (χ0v) is 35.0. The van der Waals surface area contributed by atoms with Gasteiger partial charge in [0.15, 0.2) is 6.29 Å². The number of amides is 1. The van der Waals surface area contributed by atoms with Crippen LogP contribution in [0, 0.1) is 0 Å². The molecular formula is C45H85NO9. The second-order valence-corrected chi connectivity index (χ2v) is 16.0. The first kappa shape index (κ1) is 51.6. The van der Waals surface area contributed by atoms with Crippen molar-refractivity contribution < 1.29 is 44.9 Å². The fraction of sp³-hybridized carbons (Fsp3) is 0.889. The first-order chi connectivity index (χ1) is 26.8. The maximum absolute atomic E-state index is 13.0. The molecule has 55 heavy (non-hydrogen) atoms. The van der Waals surface area contributed by atoms with Crippen LogP contribution in [-0.4, -0.2) is 98.7 Å². The summed E-state index contributed by atoms with van der Waals surface area (Å²) in [5.74, 6) is -0.626. The molecule has 1 fully saturated rings. The maximum Gasteiger partial charge on any atom is 0.249 e. The number of hydrogen-bond donors (Lipinski definition) is 7. The van der Waals surface area contributed by atoms with Crippen molar-refractivity contribution in [1.82, 2.24) is 5.32 Å². The van der Waals surface area contributed by atoms with E-state index in [0.717, 1.165) is 32.1 Å². The Morgan fingerprint density at radius 1 is 0.618 bits per heavy atom. The molecule has 1 aliphatic heterocycles. The molecule has 0 aromatic heterocycles. The second kappa shape index (κ2) is 35.8. The average Bonchev–Trinajstić information content (AvgIpc) is 3.18. The van der Waals surface area contributed by atoms with Crippen LogP contribution in [0.15, 0.2) is 24.3 Å². The van der Waals surface area contributed by atoms with Crippen LogP contribution in [0.3, 0.4) is 0 Å². The summed E-state index contributed by atoms with van der Waals surface area (Å²) in [5.41, 5.74) is 0. The van der Waals surface area contributed by atoms with Gasteiger partial charge in [-0.3, -0.25) is 4.79 Å². The Bertz CT molecular complexity index is 932. The molecule has 0 spiro atoms. The quantitative estimate of drug-likeness (QED) is 0.0243. The van der Waals surface area contributed by atoms with E-state index in [1.165, 1.54) is 128 Å². The SMILES string of the molecule is CCCCCCCCCCCC/C=C/CC/C=C/C(O)C(COC1OC(CO)C(O)C(O)C1O)NC(=O)C(O)CCCCCCCCCCCCCCCC. The molecule has 10 nitrogen and oxygen atoms in total. The van der Waals surface area contributed by atoms with Gasteiger partial charge >= 0.3 is 0 Å². The molecule has 1 heterocycles. The van der Waals surface area contributed by atoms with Crippen molar-refractivity contribution in [2.75, 3.05) is 13.2 Å². The number of aliphatic hydroxyl groups excluding tert-OH is 6. The number of aliphatic hydroxyl groups is 6. The normalized spacial score (nSPS) is 22.1. The number of carbonyl (C=O) groups excluding carboxylic acids is 1. The Hall–Kier alpha value is -1.37. The van der Waals surface area contributed by atoms with Gasteiger partial charge < -0.3 is 45.4 Å². The zero-order valence-electron chi connectivity index (χ0n) is 35.0. The van der Waals surface area contributed by atoms with Crippen LogP contribution in [0.2, 0.25) is 0 Å². The molecule has 0 saturated carbocycles. The van der Waals surface area contributed by atoms with E-state index in [1.807, 2.05) is 6.08 Å². The third-order valence-electron chi connectivity index (χ3n) is 10.9. The number of unbranched alkanes of at least 4 members (excludes halogenated alkanes) is 24. The van der Waals surface area contributed by atoms with Gasteiger partial charge in [0.05, 0.1) is 25.4 Å². The lowest BCUT2D eigenvalue weighted by molar-refractivity contribution is -0.302. The Balaban J connectivity index is 2.46. The van der Waals surface area contributed by atoms with E-state index in [-0.39, 0.29) is 6.61 Å². The lowest BCUT2D eigenvalue weighted by atomic mass is 9.99. The highest BCUT2D eigenvalue weighted by Crippen LogP contribution is 2.22. The summed E-state index contributed by atoms with van der Waals surface area (Å²) in [6, 6.07) is -0.992. The molecule has 324 valence electrons. The third kappa shape index (κ3) is 26.3. The summed E-state index contributed by atoms with van der Waals surface area (Å²) in [6.07, 6.45) is 31.2. The van der Waals surface area contributed by atoms with Crippen molar-refractivity contribution >= 4 is 5.91 Å². The Labute approximate surface area is 335 Å². The van der Waals surface area contributed by atoms with E-state index >= 15 is 0 Å². The molecule has 8 atom stereocenters. The number of hydrogen-bond acceptors (Lipinski definition) is 9. The molecule has 0 radical (unpaired) electrons. The van der Waals surface area contributed by atoms with E-state index < -0.39 is 61.5 Å². The van der Waals surface area contributed by atoms with Crippen molar-refractivity contribution in [1.29, 1.82) is 0 Å². The molecule has 1 saturated heterocycles. The average molecular weight is 784 g/mol. The van der Waals surface area contributed by atoms with Crippen molar-refractivity contribution in [2.24, 2.45) is 0 Å². The summed E-state index contributed by atoms with van der Waals surface area (Å²) in [7, 11) is 0. The van der Waals surface area contributed by atoms with Crippen LogP contribution in [0.4, 0.5) is 0 Å². The fourth-order valence-corrected chi connectivity index (χ4v) is 7.12. The monoisotopic (exact) mass is 784 g/mol. The molecule has 0 aromatic carbocycles. The molecule has 0 aliphatic carbocycles. The molecule has 0 aromatic rings. The Morgan fingerprint density at radius 3 is 1.58 bits per heavy atom. The lowest BCUT2D eigenvalue weighted by Crippen LogP contribution is -2.60. The topological polar surface area (TPSA) is 169 Å². The van der Waals surface area contributed by atoms with Crippen LogP contribution >= 0.6 is 0 Å². The van der Waals surface area contributed by atoms with Crippen molar-refractivity contribution in [3.05, 3.63) is 24.3 Å². The predicted molar refractivity (Wildman–Crippen MR) is 223 cm³/mol. The maximum atomic E-state index is 13.0. The highest BCUT2D eigenvalue weighted by atomic mass is 16.7. The van der Waals surface area contributed by atoms with Crippen molar-refractivity contribution in [3.63, 3.8) is 0 Å². The standard InChI is InChI=1S/C45H85NO9/c1-3-5-7-9-11-13-15-17-19-20-22-23-25-27-29-31-33-38(48)37(36-54-45-43(52)42(51)41(50)40(35-47)55-45)46-44(53)39(49)34-32-30-28-26-24-21-18-16-14-12-10-8-6-4-2/h23,25,31,33,37-43,45,47-52H,3-22,24,26-30,32,34-36H2,1-2H3,(H,46,53)/b25-23+,33-31+. The molecule has 10 heteroatoms. The summed E-state index contributed by atoms with van der Waals surface area (Å²) >= 11 is 0. The van der Waals surface area contributed by atoms with Crippen LogP contribution in [0.1, 0.15) is 194 Å². The highest BCUT2D eigenvalue weighted by Gasteiger charge is 2.44. The summed E-state index contributed by atoms with van der Waals surface area (Å²) < 4.78 is 11.1. The number of carbonyl (C=O) groups is 1. The summed E-state index contributed by atoms with van der Waals surface area (Å²) in [4.78, 5) is 13.0. The summed E-state index contributed by atoms with van der Waals surface area (Å²) in [5, 5.41) is 64.6. The van der Waals surface area contributed by atoms with Crippen molar-refractivity contribution in [2.45, 2.75) is 243 Å². The second-order valence-electron chi connectivity index (χ2n) is 16.0. The van der Waals surface area contributed by atoms with Gasteiger partial charge in [0.2, 0.25) is 5.91 Å². The first-order valence-electron chi connectivity index (χ1n) is 22.7. The first-order valence-corrected chi connectivity index (χ1v) is 22.7. The van der Waals surface area contributed by atoms with Crippen LogP contribution in [0.5, 0.6) is 0 Å². The van der Waals surface area contributed by atoms with E-state index in [0.29, 0.717) is 19.3 Å². The zero-order chi connectivity index (χ0) is 40.4. The van der Waals surface area contributed by atoms with E-state index in [2.05, 4.69) is 31.3 Å². The van der Waals surface area contributed by atoms with Crippen molar-refractivity contribution in [3.8, 4) is 0 Å². The van der Waals surface area contributed by atoms with E-state index in [1.54, 1.807) is 6.08 Å². The van der Waals surface area contributed by atoms with Gasteiger partial charge in [0, 0.05) is 0 Å². The number of rotatable bonds is 37. The fourth-order valence-electron chi connectivity index (χ4n) is 7.12. The van der Waals surface area contributed by atoms with Gasteiger partial charge in [-0.05, 0) is 32.1 Å². The van der Waals surface area contributed by atoms with E-state index in [9.17, 15) is 35.4 Å². The van der Waals surface area contributed by atoms with Gasteiger partial charge in [0.25, 0.3) is 0 Å². The lowest BCUT2D eigenvalue weighted by Gasteiger charge is -2.40. The van der Waals surface area contributed by atoms with Gasteiger partial charge in [-0.15, -0.1) is 0 Å². The highest BCUT2D eigenvalue weighted by molar-refractivity contribution is 5.80. The Kier molecular flexibility index (Phi) is 33.6. The Morgan fingerprint density at radius 2 is 1.07 bits per heavy atom. The third-order valence-corrected chi connectivity index (χ3v) is 10.9. The smallest absolute Gasteiger partial charge is 0.249 e. The largest absolute Gasteiger partial charge is 0.394 e. The molecule has 0 bridgehead atoms. The minimum Gasteiger partial charge on any atom is -0.394 e. The summed E-state index contributed by atoms with van der Waals surface area (Å²) in [6.45, 7) is 3.58. The predicted octanol–water partition coefficient (Wildman–Crippen LogP) is 8.08. The van der Waals surface area contributed by atoms with Gasteiger partial charge in [0.1, 0.15) is 30.5 Å². The van der Waals surface area contributed by atoms with E-state index in [4.69, 9.17) is 9.47 Å². The molecule has 1 amide bonds. The molecular weight excluding hydrogens is 698 g/mol. The van der Waals surface area contributed by atoms with Crippen LogP contribution in [0.25, 0.3) is 0 Å². The minimum atomic E-state index is -1.61. The van der Waals surface area contributed by atoms with Gasteiger partial charge in [-0.25, -0.2) is 0 Å². The molecule has 1 rings (SSSR count). The van der Waals surface area contributed by atoms with Gasteiger partial charge in [-0.2, -0.15) is 0 Å². The number of ether oxygens (including phenoxy) is 2. The van der Waals surface area contributed by atoms with Gasteiger partial charge in [-0.1, -0.05) is 186 Å². The van der Waals surface area contributed by atoms with Crippen LogP contribution in [-0.2, 0) is 14.3 Å². The molecule has 8 unspecified atom stereocenters. The molecule has 1 aliphatic rings. The van der Waals surface area contributed by atoms with Crippen LogP contribution < -0.4 is 5.32 Å². The number of allylic oxidation sites excluding steroid dienone is 3. The molecule has 7 N–H and O–H groups in total.